The van der Waals surface area contributed by atoms with Crippen LogP contribution in [0.15, 0.2) is 40.7 Å². The third-order valence-electron chi connectivity index (χ3n) is 5.34. The molecule has 0 spiro atoms. The van der Waals surface area contributed by atoms with Gasteiger partial charge in [-0.15, -0.1) is 0 Å². The molecule has 0 amide bonds. The van der Waals surface area contributed by atoms with E-state index < -0.39 is 17.9 Å². The number of nitrogens with zero attached hydrogens (tertiary/aromatic N) is 1. The van der Waals surface area contributed by atoms with Crippen LogP contribution in [0.1, 0.15) is 43.7 Å². The molecule has 1 aliphatic carbocycles. The van der Waals surface area contributed by atoms with Crippen molar-refractivity contribution in [2.24, 2.45) is 5.92 Å². The fourth-order valence-electron chi connectivity index (χ4n) is 3.60. The number of nitrogens with one attached hydrogen (secondary N) is 1. The largest absolute Gasteiger partial charge is 0.462 e. The molecule has 31 heavy (non-hydrogen) atoms. The second-order valence-electron chi connectivity index (χ2n) is 7.62. The number of halogens is 1. The van der Waals surface area contributed by atoms with E-state index in [1.807, 2.05) is 0 Å². The van der Waals surface area contributed by atoms with E-state index in [2.05, 4.69) is 11.4 Å². The Morgan fingerprint density at radius 2 is 1.77 bits per heavy atom. The SMILES string of the molecule is COCCOC(=O)C1=C(C)NC(C)=C(C(=O)OCC2CC2)C1c1cccc(Cl)c1C#N. The van der Waals surface area contributed by atoms with E-state index in [9.17, 15) is 14.9 Å². The first-order valence-corrected chi connectivity index (χ1v) is 10.5. The number of benzene rings is 1. The number of methoxy groups -OCH3 is 1. The topological polar surface area (TPSA) is 97.7 Å². The molecule has 1 atom stereocenters. The maximum Gasteiger partial charge on any atom is 0.336 e. The van der Waals surface area contributed by atoms with Crippen LogP contribution in [0, 0.1) is 17.2 Å². The number of nitriles is 1. The van der Waals surface area contributed by atoms with Gasteiger partial charge in [-0.05, 0) is 44.2 Å². The maximum absolute atomic E-state index is 13.1. The Labute approximate surface area is 186 Å². The first-order chi connectivity index (χ1) is 14.9. The Morgan fingerprint density at radius 1 is 1.13 bits per heavy atom. The lowest BCUT2D eigenvalue weighted by Gasteiger charge is -2.31. The van der Waals surface area contributed by atoms with Crippen molar-refractivity contribution in [3.63, 3.8) is 0 Å². The lowest BCUT2D eigenvalue weighted by Crippen LogP contribution is -2.33. The van der Waals surface area contributed by atoms with Crippen molar-refractivity contribution in [1.29, 1.82) is 5.26 Å². The van der Waals surface area contributed by atoms with Gasteiger partial charge in [-0.1, -0.05) is 23.7 Å². The highest BCUT2D eigenvalue weighted by Gasteiger charge is 2.40. The summed E-state index contributed by atoms with van der Waals surface area (Å²) in [6.07, 6.45) is 2.08. The molecule has 3 rings (SSSR count). The van der Waals surface area contributed by atoms with Crippen molar-refractivity contribution >= 4 is 23.5 Å². The fourth-order valence-corrected chi connectivity index (χ4v) is 3.82. The molecule has 1 aromatic carbocycles. The van der Waals surface area contributed by atoms with Crippen LogP contribution < -0.4 is 5.32 Å². The van der Waals surface area contributed by atoms with Gasteiger partial charge in [0.25, 0.3) is 0 Å². The molecular weight excluding hydrogens is 420 g/mol. The number of rotatable bonds is 8. The van der Waals surface area contributed by atoms with Crippen LogP contribution >= 0.6 is 11.6 Å². The van der Waals surface area contributed by atoms with Crippen LogP contribution in [-0.2, 0) is 23.8 Å². The average Bonchev–Trinajstić information content (AvgIpc) is 3.56. The minimum absolute atomic E-state index is 0.0592. The molecule has 1 N–H and O–H groups in total. The highest BCUT2D eigenvalue weighted by Crippen LogP contribution is 2.42. The number of ether oxygens (including phenoxy) is 3. The number of hydrogen-bond acceptors (Lipinski definition) is 7. The summed E-state index contributed by atoms with van der Waals surface area (Å²) in [7, 11) is 1.51. The van der Waals surface area contributed by atoms with E-state index in [1.165, 1.54) is 7.11 Å². The van der Waals surface area contributed by atoms with Gasteiger partial charge in [-0.2, -0.15) is 5.26 Å². The van der Waals surface area contributed by atoms with Gasteiger partial charge in [0.15, 0.2) is 0 Å². The standard InChI is InChI=1S/C23H25ClN2O5/c1-13-19(22(27)30-10-9-29-3)21(16-5-4-6-18(24)17(16)11-25)20(14(2)26-13)23(28)31-12-15-7-8-15/h4-6,15,21,26H,7-10,12H2,1-3H3. The van der Waals surface area contributed by atoms with Crippen molar-refractivity contribution in [3.05, 3.63) is 56.9 Å². The Bertz CT molecular complexity index is 988. The average molecular weight is 445 g/mol. The van der Waals surface area contributed by atoms with Crippen molar-refractivity contribution in [2.45, 2.75) is 32.6 Å². The molecule has 1 heterocycles. The number of dihydropyridines is 1. The quantitative estimate of drug-likeness (QED) is 0.483. The Morgan fingerprint density at radius 3 is 2.35 bits per heavy atom. The number of esters is 2. The number of carbonyl (C=O) groups excluding carboxylic acids is 2. The lowest BCUT2D eigenvalue weighted by atomic mass is 9.78. The highest BCUT2D eigenvalue weighted by atomic mass is 35.5. The molecule has 1 fully saturated rings. The normalized spacial score (nSPS) is 18.4. The summed E-state index contributed by atoms with van der Waals surface area (Å²) in [4.78, 5) is 26.1. The minimum Gasteiger partial charge on any atom is -0.462 e. The minimum atomic E-state index is -0.851. The summed E-state index contributed by atoms with van der Waals surface area (Å²) < 4.78 is 15.9. The van der Waals surface area contributed by atoms with Gasteiger partial charge in [0, 0.05) is 18.5 Å². The molecule has 7 nitrogen and oxygen atoms in total. The summed E-state index contributed by atoms with van der Waals surface area (Å²) in [5.74, 6) is -1.59. The van der Waals surface area contributed by atoms with Crippen LogP contribution in [0.4, 0.5) is 0 Å². The summed E-state index contributed by atoms with van der Waals surface area (Å²) in [6, 6.07) is 7.08. The van der Waals surface area contributed by atoms with Gasteiger partial charge >= 0.3 is 11.9 Å². The van der Waals surface area contributed by atoms with Crippen LogP contribution in [0.5, 0.6) is 0 Å². The molecule has 0 radical (unpaired) electrons. The number of hydrogen-bond donors (Lipinski definition) is 1. The van der Waals surface area contributed by atoms with Crippen molar-refractivity contribution in [1.82, 2.24) is 5.32 Å². The smallest absolute Gasteiger partial charge is 0.336 e. The molecule has 1 aromatic rings. The third-order valence-corrected chi connectivity index (χ3v) is 5.65. The number of allylic oxidation sites excluding steroid dienone is 2. The van der Waals surface area contributed by atoms with E-state index in [4.69, 9.17) is 25.8 Å². The van der Waals surface area contributed by atoms with E-state index in [0.717, 1.165) is 12.8 Å². The zero-order valence-electron chi connectivity index (χ0n) is 17.8. The molecule has 1 saturated carbocycles. The maximum atomic E-state index is 13.1. The van der Waals surface area contributed by atoms with Gasteiger partial charge in [-0.3, -0.25) is 0 Å². The van der Waals surface area contributed by atoms with Gasteiger partial charge in [-0.25, -0.2) is 9.59 Å². The second-order valence-corrected chi connectivity index (χ2v) is 8.03. The highest BCUT2D eigenvalue weighted by molar-refractivity contribution is 6.31. The van der Waals surface area contributed by atoms with Gasteiger partial charge in [0.05, 0.1) is 40.9 Å². The predicted molar refractivity (Wildman–Crippen MR) is 114 cm³/mol. The van der Waals surface area contributed by atoms with Crippen molar-refractivity contribution in [3.8, 4) is 6.07 Å². The molecular formula is C23H25ClN2O5. The molecule has 0 aromatic heterocycles. The molecule has 164 valence electrons. The molecule has 1 unspecified atom stereocenters. The molecule has 0 saturated heterocycles. The van der Waals surface area contributed by atoms with Crippen LogP contribution in [0.25, 0.3) is 0 Å². The van der Waals surface area contributed by atoms with Crippen LogP contribution in [-0.4, -0.2) is 38.9 Å². The molecule has 8 heteroatoms. The molecule has 1 aliphatic heterocycles. The Hall–Kier alpha value is -2.82. The van der Waals surface area contributed by atoms with Crippen molar-refractivity contribution in [2.75, 3.05) is 26.9 Å². The summed E-state index contributed by atoms with van der Waals surface area (Å²) in [5.41, 5.74) is 2.24. The predicted octanol–water partition coefficient (Wildman–Crippen LogP) is 3.59. The van der Waals surface area contributed by atoms with E-state index in [1.54, 1.807) is 32.0 Å². The van der Waals surface area contributed by atoms with E-state index >= 15 is 0 Å². The van der Waals surface area contributed by atoms with Crippen LogP contribution in [0.3, 0.4) is 0 Å². The number of carbonyl (C=O) groups is 2. The Balaban J connectivity index is 2.08. The zero-order valence-corrected chi connectivity index (χ0v) is 18.5. The first kappa shape index (κ1) is 22.9. The third kappa shape index (κ3) is 5.09. The first-order valence-electron chi connectivity index (χ1n) is 10.1. The van der Waals surface area contributed by atoms with Crippen LogP contribution in [0.2, 0.25) is 5.02 Å². The van der Waals surface area contributed by atoms with Crippen molar-refractivity contribution < 1.29 is 23.8 Å². The van der Waals surface area contributed by atoms with E-state index in [-0.39, 0.29) is 34.9 Å². The zero-order chi connectivity index (χ0) is 22.5. The summed E-state index contributed by atoms with van der Waals surface area (Å²) in [6.45, 7) is 4.10. The van der Waals surface area contributed by atoms with E-state index in [0.29, 0.717) is 29.5 Å². The van der Waals surface area contributed by atoms with Gasteiger partial charge in [0.1, 0.15) is 12.7 Å². The summed E-state index contributed by atoms with van der Waals surface area (Å²) >= 11 is 6.27. The second kappa shape index (κ2) is 9.99. The van der Waals surface area contributed by atoms with Gasteiger partial charge < -0.3 is 19.5 Å². The lowest BCUT2D eigenvalue weighted by molar-refractivity contribution is -0.141. The molecule has 2 aliphatic rings. The molecule has 0 bridgehead atoms. The summed E-state index contributed by atoms with van der Waals surface area (Å²) in [5, 5.41) is 13.1. The Kier molecular flexibility index (Phi) is 7.37. The monoisotopic (exact) mass is 444 g/mol. The van der Waals surface area contributed by atoms with Gasteiger partial charge in [0.2, 0.25) is 0 Å². The fraction of sp³-hybridized carbons (Fsp3) is 0.435.